The van der Waals surface area contributed by atoms with Gasteiger partial charge in [0.05, 0.1) is 12.5 Å². The van der Waals surface area contributed by atoms with Crippen LogP contribution in [0.25, 0.3) is 0 Å². The molecule has 0 fully saturated rings. The second kappa shape index (κ2) is 4.54. The largest absolute Gasteiger partial charge is 0.339 e. The summed E-state index contributed by atoms with van der Waals surface area (Å²) in [6.07, 6.45) is 6.30. The molecule has 98 valence electrons. The Morgan fingerprint density at radius 2 is 2.06 bits per heavy atom. The number of imidazole rings is 1. The van der Waals surface area contributed by atoms with Crippen molar-refractivity contribution < 1.29 is 8.42 Å². The van der Waals surface area contributed by atoms with Gasteiger partial charge in [-0.1, -0.05) is 0 Å². The SMILES string of the molecule is CC(NS(=O)(=O)c1cn(C)cn1)c1cnn(C)c1. The fourth-order valence-electron chi connectivity index (χ4n) is 1.55. The van der Waals surface area contributed by atoms with Crippen molar-refractivity contribution >= 4 is 10.0 Å². The zero-order chi connectivity index (χ0) is 13.3. The molecule has 0 aliphatic carbocycles. The first-order valence-electron chi connectivity index (χ1n) is 5.37. The van der Waals surface area contributed by atoms with Crippen molar-refractivity contribution in [3.05, 3.63) is 30.5 Å². The second-order valence-corrected chi connectivity index (χ2v) is 5.83. The third-order valence-electron chi connectivity index (χ3n) is 2.51. The van der Waals surface area contributed by atoms with Crippen molar-refractivity contribution in [1.29, 1.82) is 0 Å². The summed E-state index contributed by atoms with van der Waals surface area (Å²) in [6.45, 7) is 1.76. The van der Waals surface area contributed by atoms with E-state index < -0.39 is 10.0 Å². The van der Waals surface area contributed by atoms with Gasteiger partial charge in [-0.05, 0) is 6.92 Å². The molecule has 2 rings (SSSR count). The molecule has 0 aliphatic rings. The molecule has 7 nitrogen and oxygen atoms in total. The highest BCUT2D eigenvalue weighted by atomic mass is 32.2. The van der Waals surface area contributed by atoms with E-state index in [0.29, 0.717) is 0 Å². The van der Waals surface area contributed by atoms with Gasteiger partial charge in [-0.2, -0.15) is 5.10 Å². The molecular formula is C10H15N5O2S. The van der Waals surface area contributed by atoms with Crippen LogP contribution in [0.2, 0.25) is 0 Å². The molecule has 0 saturated heterocycles. The summed E-state index contributed by atoms with van der Waals surface area (Å²) in [5.74, 6) is 0. The molecule has 18 heavy (non-hydrogen) atoms. The van der Waals surface area contributed by atoms with Crippen molar-refractivity contribution in [3.8, 4) is 0 Å². The molecule has 1 unspecified atom stereocenters. The van der Waals surface area contributed by atoms with Crippen molar-refractivity contribution in [2.24, 2.45) is 14.1 Å². The molecule has 1 atom stereocenters. The molecular weight excluding hydrogens is 254 g/mol. The summed E-state index contributed by atoms with van der Waals surface area (Å²) < 4.78 is 29.8. The Kier molecular flexibility index (Phi) is 3.22. The lowest BCUT2D eigenvalue weighted by Gasteiger charge is -2.10. The Labute approximate surface area is 106 Å². The third-order valence-corrected chi connectivity index (χ3v) is 3.94. The molecule has 0 saturated carbocycles. The van der Waals surface area contributed by atoms with E-state index in [1.165, 1.54) is 12.5 Å². The van der Waals surface area contributed by atoms with E-state index in [1.807, 2.05) is 0 Å². The van der Waals surface area contributed by atoms with Gasteiger partial charge in [0.25, 0.3) is 10.0 Å². The number of hydrogen-bond donors (Lipinski definition) is 1. The molecule has 0 radical (unpaired) electrons. The molecule has 1 N–H and O–H groups in total. The van der Waals surface area contributed by atoms with E-state index in [4.69, 9.17) is 0 Å². The van der Waals surface area contributed by atoms with Crippen molar-refractivity contribution in [2.45, 2.75) is 18.0 Å². The molecule has 0 bridgehead atoms. The Balaban J connectivity index is 2.18. The van der Waals surface area contributed by atoms with Crippen LogP contribution in [0, 0.1) is 0 Å². The molecule has 0 amide bonds. The Morgan fingerprint density at radius 3 is 2.56 bits per heavy atom. The highest BCUT2D eigenvalue weighted by Crippen LogP contribution is 2.14. The highest BCUT2D eigenvalue weighted by molar-refractivity contribution is 7.89. The van der Waals surface area contributed by atoms with Crippen molar-refractivity contribution in [1.82, 2.24) is 24.1 Å². The summed E-state index contributed by atoms with van der Waals surface area (Å²) in [6, 6.07) is -0.356. The molecule has 0 aromatic carbocycles. The number of nitrogens with one attached hydrogen (secondary N) is 1. The molecule has 2 heterocycles. The fourth-order valence-corrected chi connectivity index (χ4v) is 2.77. The second-order valence-electron chi connectivity index (χ2n) is 4.17. The van der Waals surface area contributed by atoms with Crippen LogP contribution in [0.5, 0.6) is 0 Å². The van der Waals surface area contributed by atoms with Gasteiger partial charge in [0, 0.05) is 38.1 Å². The fraction of sp³-hybridized carbons (Fsp3) is 0.400. The van der Waals surface area contributed by atoms with Gasteiger partial charge < -0.3 is 4.57 Å². The maximum Gasteiger partial charge on any atom is 0.260 e. The summed E-state index contributed by atoms with van der Waals surface area (Å²) >= 11 is 0. The predicted molar refractivity (Wildman–Crippen MR) is 65.2 cm³/mol. The minimum atomic E-state index is -3.60. The first-order valence-corrected chi connectivity index (χ1v) is 6.85. The van der Waals surface area contributed by atoms with Gasteiger partial charge >= 0.3 is 0 Å². The van der Waals surface area contributed by atoms with Crippen molar-refractivity contribution in [2.75, 3.05) is 0 Å². The normalized spacial score (nSPS) is 13.7. The molecule has 2 aromatic rings. The van der Waals surface area contributed by atoms with Crippen LogP contribution >= 0.6 is 0 Å². The van der Waals surface area contributed by atoms with Crippen LogP contribution in [-0.4, -0.2) is 27.7 Å². The summed E-state index contributed by atoms with van der Waals surface area (Å²) in [5, 5.41) is 4.02. The van der Waals surface area contributed by atoms with Crippen LogP contribution in [0.15, 0.2) is 29.9 Å². The molecule has 0 aliphatic heterocycles. The number of rotatable bonds is 4. The third kappa shape index (κ3) is 2.59. The lowest BCUT2D eigenvalue weighted by Crippen LogP contribution is -2.27. The number of aryl methyl sites for hydroxylation is 2. The van der Waals surface area contributed by atoms with Gasteiger partial charge in [0.2, 0.25) is 0 Å². The zero-order valence-electron chi connectivity index (χ0n) is 10.4. The first kappa shape index (κ1) is 12.8. The summed E-state index contributed by atoms with van der Waals surface area (Å²) in [4.78, 5) is 3.83. The van der Waals surface area contributed by atoms with Crippen LogP contribution in [0.4, 0.5) is 0 Å². The number of hydrogen-bond acceptors (Lipinski definition) is 4. The van der Waals surface area contributed by atoms with Gasteiger partial charge in [0.1, 0.15) is 0 Å². The maximum atomic E-state index is 12.0. The van der Waals surface area contributed by atoms with Crippen LogP contribution < -0.4 is 4.72 Å². The monoisotopic (exact) mass is 269 g/mol. The number of nitrogens with zero attached hydrogens (tertiary/aromatic N) is 4. The topological polar surface area (TPSA) is 81.8 Å². The van der Waals surface area contributed by atoms with E-state index in [1.54, 1.807) is 42.7 Å². The van der Waals surface area contributed by atoms with E-state index in [-0.39, 0.29) is 11.1 Å². The average molecular weight is 269 g/mol. The smallest absolute Gasteiger partial charge is 0.260 e. The first-order chi connectivity index (χ1) is 8.38. The van der Waals surface area contributed by atoms with E-state index in [0.717, 1.165) is 5.56 Å². The average Bonchev–Trinajstić information content (AvgIpc) is 2.86. The van der Waals surface area contributed by atoms with Crippen LogP contribution in [-0.2, 0) is 24.1 Å². The van der Waals surface area contributed by atoms with Gasteiger partial charge in [0.15, 0.2) is 5.03 Å². The maximum absolute atomic E-state index is 12.0. The lowest BCUT2D eigenvalue weighted by molar-refractivity contribution is 0.563. The highest BCUT2D eigenvalue weighted by Gasteiger charge is 2.21. The summed E-state index contributed by atoms with van der Waals surface area (Å²) in [5.41, 5.74) is 0.803. The molecule has 8 heteroatoms. The standard InChI is InChI=1S/C10H15N5O2S/c1-8(9-4-12-15(3)5-9)13-18(16,17)10-6-14(2)7-11-10/h4-8,13H,1-3H3. The van der Waals surface area contributed by atoms with Crippen LogP contribution in [0.3, 0.4) is 0 Å². The number of aromatic nitrogens is 4. The quantitative estimate of drug-likeness (QED) is 0.859. The molecule has 2 aromatic heterocycles. The van der Waals surface area contributed by atoms with Gasteiger partial charge in [-0.15, -0.1) is 0 Å². The Bertz CT molecular complexity index is 643. The number of sulfonamides is 1. The van der Waals surface area contributed by atoms with E-state index in [9.17, 15) is 8.42 Å². The van der Waals surface area contributed by atoms with Crippen molar-refractivity contribution in [3.63, 3.8) is 0 Å². The lowest BCUT2D eigenvalue weighted by atomic mass is 10.2. The van der Waals surface area contributed by atoms with Gasteiger partial charge in [-0.25, -0.2) is 18.1 Å². The summed E-state index contributed by atoms with van der Waals surface area (Å²) in [7, 11) is -0.0965. The Morgan fingerprint density at radius 1 is 1.33 bits per heavy atom. The minimum Gasteiger partial charge on any atom is -0.339 e. The van der Waals surface area contributed by atoms with Gasteiger partial charge in [-0.3, -0.25) is 4.68 Å². The minimum absolute atomic E-state index is 0.0146. The molecule has 0 spiro atoms. The van der Waals surface area contributed by atoms with E-state index >= 15 is 0 Å². The Hall–Kier alpha value is -1.67. The van der Waals surface area contributed by atoms with E-state index in [2.05, 4.69) is 14.8 Å². The van der Waals surface area contributed by atoms with Crippen LogP contribution in [0.1, 0.15) is 18.5 Å². The zero-order valence-corrected chi connectivity index (χ0v) is 11.2. The predicted octanol–water partition coefficient (Wildman–Crippen LogP) is 0.193.